The van der Waals surface area contributed by atoms with E-state index in [0.717, 1.165) is 33.7 Å². The van der Waals surface area contributed by atoms with Crippen LogP contribution in [0.2, 0.25) is 0 Å². The van der Waals surface area contributed by atoms with E-state index in [1.165, 1.54) is 0 Å². The largest absolute Gasteiger partial charge is 0.483 e. The topological polar surface area (TPSA) is 38.3 Å². The lowest BCUT2D eigenvalue weighted by Gasteiger charge is -2.17. The first-order valence-electron chi connectivity index (χ1n) is 7.98. The maximum absolute atomic E-state index is 12.3. The van der Waals surface area contributed by atoms with Gasteiger partial charge in [-0.15, -0.1) is 0 Å². The number of hydrogen-bond donors (Lipinski definition) is 1. The van der Waals surface area contributed by atoms with Gasteiger partial charge in [0.1, 0.15) is 5.75 Å². The van der Waals surface area contributed by atoms with Crippen LogP contribution in [0.3, 0.4) is 0 Å². The van der Waals surface area contributed by atoms with Crippen LogP contribution in [0.15, 0.2) is 36.4 Å². The molecule has 0 heterocycles. The quantitative estimate of drug-likeness (QED) is 0.865. The molecular weight excluding hydrogens is 286 g/mol. The van der Waals surface area contributed by atoms with Crippen molar-refractivity contribution in [2.45, 2.75) is 40.5 Å². The molecule has 2 aromatic carbocycles. The summed E-state index contributed by atoms with van der Waals surface area (Å²) in [5, 5.41) is 3.00. The second-order valence-corrected chi connectivity index (χ2v) is 6.30. The first kappa shape index (κ1) is 17.1. The van der Waals surface area contributed by atoms with Gasteiger partial charge in [-0.2, -0.15) is 0 Å². The van der Waals surface area contributed by atoms with E-state index in [9.17, 15) is 4.79 Å². The van der Waals surface area contributed by atoms with Crippen molar-refractivity contribution in [2.75, 3.05) is 11.9 Å². The van der Waals surface area contributed by atoms with Gasteiger partial charge in [0.15, 0.2) is 6.61 Å². The summed E-state index contributed by atoms with van der Waals surface area (Å²) in [6.45, 7) is 10.2. The molecule has 2 rings (SSSR count). The number of rotatable bonds is 5. The molecule has 2 aromatic rings. The molecule has 0 atom stereocenters. The van der Waals surface area contributed by atoms with Gasteiger partial charge in [0.05, 0.1) is 0 Å². The second kappa shape index (κ2) is 7.32. The maximum Gasteiger partial charge on any atom is 0.262 e. The van der Waals surface area contributed by atoms with Crippen LogP contribution >= 0.6 is 0 Å². The van der Waals surface area contributed by atoms with Gasteiger partial charge in [0.2, 0.25) is 0 Å². The highest BCUT2D eigenvalue weighted by Gasteiger charge is 2.12. The lowest BCUT2D eigenvalue weighted by atomic mass is 9.98. The molecule has 0 unspecified atom stereocenters. The summed E-state index contributed by atoms with van der Waals surface area (Å²) < 4.78 is 5.68. The van der Waals surface area contributed by atoms with Gasteiger partial charge in [-0.1, -0.05) is 44.2 Å². The second-order valence-electron chi connectivity index (χ2n) is 6.30. The Bertz CT molecular complexity index is 705. The van der Waals surface area contributed by atoms with Gasteiger partial charge >= 0.3 is 0 Å². The van der Waals surface area contributed by atoms with Crippen molar-refractivity contribution in [2.24, 2.45) is 0 Å². The first-order chi connectivity index (χ1) is 10.9. The summed E-state index contributed by atoms with van der Waals surface area (Å²) >= 11 is 0. The minimum absolute atomic E-state index is 0.0101. The zero-order chi connectivity index (χ0) is 17.0. The fraction of sp³-hybridized carbons (Fsp3) is 0.350. The Kier molecular flexibility index (Phi) is 5.43. The summed E-state index contributed by atoms with van der Waals surface area (Å²) in [4.78, 5) is 12.3. The van der Waals surface area contributed by atoms with E-state index in [1.54, 1.807) is 0 Å². The molecule has 3 nitrogen and oxygen atoms in total. The van der Waals surface area contributed by atoms with Crippen molar-refractivity contribution in [3.8, 4) is 5.75 Å². The molecular formula is C20H25NO2. The highest BCUT2D eigenvalue weighted by Crippen LogP contribution is 2.27. The van der Waals surface area contributed by atoms with Gasteiger partial charge in [-0.3, -0.25) is 4.79 Å². The molecule has 0 fully saturated rings. The number of hydrogen-bond acceptors (Lipinski definition) is 2. The zero-order valence-corrected chi connectivity index (χ0v) is 14.6. The standard InChI is InChI=1S/C20H25NO2/c1-13(2)17-8-6-7-16(5)20(17)21-19(22)12-23-18-11-14(3)9-10-15(18)4/h6-11,13H,12H2,1-5H3,(H,21,22). The molecule has 0 aromatic heterocycles. The number of anilines is 1. The fourth-order valence-corrected chi connectivity index (χ4v) is 2.52. The normalized spacial score (nSPS) is 10.7. The fourth-order valence-electron chi connectivity index (χ4n) is 2.52. The van der Waals surface area contributed by atoms with E-state index in [4.69, 9.17) is 4.74 Å². The number of ether oxygens (including phenoxy) is 1. The summed E-state index contributed by atoms with van der Waals surface area (Å²) in [7, 11) is 0. The SMILES string of the molecule is Cc1ccc(C)c(OCC(=O)Nc2c(C)cccc2C(C)C)c1. The van der Waals surface area contributed by atoms with Crippen LogP contribution in [0.5, 0.6) is 5.75 Å². The van der Waals surface area contributed by atoms with Gasteiger partial charge in [0.25, 0.3) is 5.91 Å². The van der Waals surface area contributed by atoms with Crippen LogP contribution in [-0.4, -0.2) is 12.5 Å². The Balaban J connectivity index is 2.07. The Morgan fingerprint density at radius 2 is 1.83 bits per heavy atom. The molecule has 1 N–H and O–H groups in total. The predicted molar refractivity (Wildman–Crippen MR) is 95.3 cm³/mol. The number of carbonyl (C=O) groups excluding carboxylic acids is 1. The summed E-state index contributed by atoms with van der Waals surface area (Å²) in [6.07, 6.45) is 0. The minimum atomic E-state index is -0.137. The van der Waals surface area contributed by atoms with E-state index >= 15 is 0 Å². The minimum Gasteiger partial charge on any atom is -0.483 e. The maximum atomic E-state index is 12.3. The van der Waals surface area contributed by atoms with Crippen molar-refractivity contribution < 1.29 is 9.53 Å². The molecule has 0 aliphatic heterocycles. The Labute approximate surface area is 138 Å². The summed E-state index contributed by atoms with van der Waals surface area (Å²) in [5.74, 6) is 0.973. The molecule has 3 heteroatoms. The van der Waals surface area contributed by atoms with Crippen LogP contribution in [0.25, 0.3) is 0 Å². The van der Waals surface area contributed by atoms with Crippen molar-refractivity contribution in [1.29, 1.82) is 0 Å². The monoisotopic (exact) mass is 311 g/mol. The molecule has 0 saturated heterocycles. The van der Waals surface area contributed by atoms with Gasteiger partial charge < -0.3 is 10.1 Å². The summed E-state index contributed by atoms with van der Waals surface area (Å²) in [5.41, 5.74) is 5.26. The van der Waals surface area contributed by atoms with E-state index in [1.807, 2.05) is 51.1 Å². The van der Waals surface area contributed by atoms with Crippen molar-refractivity contribution in [1.82, 2.24) is 0 Å². The third-order valence-electron chi connectivity index (χ3n) is 3.89. The van der Waals surface area contributed by atoms with E-state index in [2.05, 4.69) is 25.2 Å². The highest BCUT2D eigenvalue weighted by molar-refractivity contribution is 5.93. The molecule has 0 aliphatic rings. The molecule has 0 radical (unpaired) electrons. The van der Waals surface area contributed by atoms with Crippen molar-refractivity contribution >= 4 is 11.6 Å². The lowest BCUT2D eigenvalue weighted by molar-refractivity contribution is -0.118. The average Bonchev–Trinajstić information content (AvgIpc) is 2.50. The molecule has 0 bridgehead atoms. The third kappa shape index (κ3) is 4.35. The smallest absolute Gasteiger partial charge is 0.262 e. The molecule has 1 amide bonds. The Hall–Kier alpha value is -2.29. The number of amides is 1. The highest BCUT2D eigenvalue weighted by atomic mass is 16.5. The van der Waals surface area contributed by atoms with E-state index in [0.29, 0.717) is 5.92 Å². The number of aryl methyl sites for hydroxylation is 3. The van der Waals surface area contributed by atoms with Gasteiger partial charge in [-0.05, 0) is 55.0 Å². The Morgan fingerprint density at radius 1 is 1.09 bits per heavy atom. The first-order valence-corrected chi connectivity index (χ1v) is 7.98. The molecule has 23 heavy (non-hydrogen) atoms. The Morgan fingerprint density at radius 3 is 2.52 bits per heavy atom. The molecule has 0 aliphatic carbocycles. The average molecular weight is 311 g/mol. The lowest BCUT2D eigenvalue weighted by Crippen LogP contribution is -2.22. The van der Waals surface area contributed by atoms with E-state index < -0.39 is 0 Å². The van der Waals surface area contributed by atoms with Gasteiger partial charge in [0, 0.05) is 5.69 Å². The third-order valence-corrected chi connectivity index (χ3v) is 3.89. The van der Waals surface area contributed by atoms with Crippen LogP contribution in [0, 0.1) is 20.8 Å². The summed E-state index contributed by atoms with van der Waals surface area (Å²) in [6, 6.07) is 12.1. The van der Waals surface area contributed by atoms with Crippen LogP contribution in [0.4, 0.5) is 5.69 Å². The van der Waals surface area contributed by atoms with Crippen molar-refractivity contribution in [3.05, 3.63) is 58.7 Å². The van der Waals surface area contributed by atoms with Crippen LogP contribution in [-0.2, 0) is 4.79 Å². The number of carbonyl (C=O) groups is 1. The van der Waals surface area contributed by atoms with Gasteiger partial charge in [-0.25, -0.2) is 0 Å². The molecule has 0 spiro atoms. The van der Waals surface area contributed by atoms with Crippen molar-refractivity contribution in [3.63, 3.8) is 0 Å². The number of benzene rings is 2. The van der Waals surface area contributed by atoms with Crippen LogP contribution < -0.4 is 10.1 Å². The predicted octanol–water partition coefficient (Wildman–Crippen LogP) is 4.75. The van der Waals surface area contributed by atoms with E-state index in [-0.39, 0.29) is 12.5 Å². The number of nitrogens with one attached hydrogen (secondary N) is 1. The zero-order valence-electron chi connectivity index (χ0n) is 14.6. The molecule has 122 valence electrons. The number of para-hydroxylation sites is 1. The van der Waals surface area contributed by atoms with Crippen LogP contribution in [0.1, 0.15) is 42.0 Å². The molecule has 0 saturated carbocycles.